The maximum atomic E-state index is 12.9. The molecule has 1 saturated heterocycles. The Morgan fingerprint density at radius 2 is 1.72 bits per heavy atom. The van der Waals surface area contributed by atoms with Crippen LogP contribution in [0.2, 0.25) is 0 Å². The average molecular weight is 505 g/mol. The Hall–Kier alpha value is -1.57. The molecular weight excluding hydrogens is 469 g/mol. The molecule has 2 aromatic rings. The molecule has 0 radical (unpaired) electrons. The molecule has 0 unspecified atom stereocenters. The summed E-state index contributed by atoms with van der Waals surface area (Å²) in [6, 6.07) is 8.31. The smallest absolute Gasteiger partial charge is 0.322 e. The summed E-state index contributed by atoms with van der Waals surface area (Å²) < 4.78 is 0. The van der Waals surface area contributed by atoms with E-state index in [-0.39, 0.29) is 43.3 Å². The van der Waals surface area contributed by atoms with Crippen molar-refractivity contribution in [1.82, 2.24) is 15.2 Å². The maximum Gasteiger partial charge on any atom is 0.322 e. The molecule has 2 amide bonds. The van der Waals surface area contributed by atoms with Crippen LogP contribution in [-0.2, 0) is 13.0 Å². The van der Waals surface area contributed by atoms with E-state index in [1.165, 1.54) is 5.56 Å². The second-order valence-corrected chi connectivity index (χ2v) is 8.21. The molecule has 1 aliphatic heterocycles. The van der Waals surface area contributed by atoms with Crippen LogP contribution >= 0.6 is 37.2 Å². The number of nitrogens with zero attached hydrogens (tertiary/aromatic N) is 2. The molecule has 9 heteroatoms. The first kappa shape index (κ1) is 30.4. The van der Waals surface area contributed by atoms with Crippen LogP contribution in [0.4, 0.5) is 10.5 Å². The van der Waals surface area contributed by atoms with Crippen molar-refractivity contribution in [2.75, 3.05) is 31.5 Å². The zero-order chi connectivity index (χ0) is 21.0. The third-order valence-corrected chi connectivity index (χ3v) is 5.35. The van der Waals surface area contributed by atoms with Crippen LogP contribution in [0.1, 0.15) is 36.4 Å². The van der Waals surface area contributed by atoms with Gasteiger partial charge in [0.25, 0.3) is 0 Å². The minimum absolute atomic E-state index is 0. The molecule has 4 N–H and O–H groups in total. The summed E-state index contributed by atoms with van der Waals surface area (Å²) in [7, 11) is 0. The van der Waals surface area contributed by atoms with Gasteiger partial charge in [0, 0.05) is 44.0 Å². The second-order valence-electron chi connectivity index (χ2n) is 8.21. The Balaban J connectivity index is 0.00000320. The summed E-state index contributed by atoms with van der Waals surface area (Å²) in [5.74, 6) is 0.472. The highest BCUT2D eigenvalue weighted by molar-refractivity contribution is 5.96. The Morgan fingerprint density at radius 1 is 1.12 bits per heavy atom. The Bertz CT molecular complexity index is 869. The normalized spacial score (nSPS) is 13.0. The van der Waals surface area contributed by atoms with Crippen LogP contribution in [0.25, 0.3) is 11.1 Å². The molecule has 0 atom stereocenters. The molecule has 1 aliphatic rings. The highest BCUT2D eigenvalue weighted by atomic mass is 35.5. The van der Waals surface area contributed by atoms with Gasteiger partial charge < -0.3 is 21.3 Å². The predicted octanol–water partition coefficient (Wildman–Crippen LogP) is 4.73. The number of nitrogens with two attached hydrogens (primary N) is 1. The van der Waals surface area contributed by atoms with Crippen LogP contribution < -0.4 is 16.4 Å². The number of benzene rings is 1. The van der Waals surface area contributed by atoms with Gasteiger partial charge in [0.05, 0.1) is 11.4 Å². The fourth-order valence-electron chi connectivity index (χ4n) is 3.82. The van der Waals surface area contributed by atoms with E-state index in [1.807, 2.05) is 11.8 Å². The highest BCUT2D eigenvalue weighted by Gasteiger charge is 2.23. The first-order valence-electron chi connectivity index (χ1n) is 10.5. The fraction of sp³-hybridized carbons (Fsp3) is 0.478. The van der Waals surface area contributed by atoms with E-state index in [1.54, 1.807) is 0 Å². The number of aromatic nitrogens is 1. The number of hydrogen-bond acceptors (Lipinski definition) is 4. The van der Waals surface area contributed by atoms with E-state index < -0.39 is 0 Å². The van der Waals surface area contributed by atoms with Crippen molar-refractivity contribution in [1.29, 1.82) is 0 Å². The number of pyridine rings is 1. The number of carbonyl (C=O) groups is 1. The second kappa shape index (κ2) is 13.9. The molecule has 0 aliphatic carbocycles. The van der Waals surface area contributed by atoms with Crippen molar-refractivity contribution >= 4 is 48.9 Å². The van der Waals surface area contributed by atoms with E-state index in [2.05, 4.69) is 55.7 Å². The zero-order valence-electron chi connectivity index (χ0n) is 19.2. The van der Waals surface area contributed by atoms with Crippen molar-refractivity contribution in [3.8, 4) is 11.1 Å². The molecule has 0 spiro atoms. The number of halogens is 3. The van der Waals surface area contributed by atoms with Crippen LogP contribution in [0.3, 0.4) is 0 Å². The lowest BCUT2D eigenvalue weighted by Gasteiger charge is -2.29. The summed E-state index contributed by atoms with van der Waals surface area (Å²) in [4.78, 5) is 19.7. The standard InChI is InChI=1S/C23H33N5O.3ClH/c1-15(2)13-20-19(14-24)21(18-7-5-16(3)6-8-18)22(17(4)26-20)27-23(29)28-11-9-25-10-12-28;;;/h5-8,15,25H,9-14,24H2,1-4H3,(H,27,29);3*1H. The number of urea groups is 1. The minimum Gasteiger partial charge on any atom is -0.326 e. The van der Waals surface area contributed by atoms with E-state index >= 15 is 0 Å². The van der Waals surface area contributed by atoms with Gasteiger partial charge in [-0.25, -0.2) is 4.79 Å². The monoisotopic (exact) mass is 503 g/mol. The van der Waals surface area contributed by atoms with Gasteiger partial charge in [0.2, 0.25) is 0 Å². The Morgan fingerprint density at radius 3 is 2.25 bits per heavy atom. The van der Waals surface area contributed by atoms with Crippen molar-refractivity contribution in [2.45, 2.75) is 40.7 Å². The molecular formula is C23H36Cl3N5O. The average Bonchev–Trinajstić information content (AvgIpc) is 2.70. The number of rotatable bonds is 5. The minimum atomic E-state index is -0.0793. The number of amides is 2. The molecule has 1 aromatic carbocycles. The molecule has 1 fully saturated rings. The van der Waals surface area contributed by atoms with Crippen molar-refractivity contribution in [2.24, 2.45) is 11.7 Å². The Labute approximate surface area is 210 Å². The first-order chi connectivity index (χ1) is 13.9. The summed E-state index contributed by atoms with van der Waals surface area (Å²) in [6.45, 7) is 11.8. The lowest BCUT2D eigenvalue weighted by atomic mass is 9.92. The van der Waals surface area contributed by atoms with Gasteiger partial charge in [-0.05, 0) is 37.3 Å². The van der Waals surface area contributed by atoms with E-state index in [0.29, 0.717) is 25.6 Å². The summed E-state index contributed by atoms with van der Waals surface area (Å²) in [6.07, 6.45) is 0.859. The van der Waals surface area contributed by atoms with E-state index in [4.69, 9.17) is 10.7 Å². The number of aryl methyl sites for hydroxylation is 2. The number of hydrogen-bond donors (Lipinski definition) is 3. The lowest BCUT2D eigenvalue weighted by molar-refractivity contribution is 0.204. The van der Waals surface area contributed by atoms with Crippen molar-refractivity contribution in [3.63, 3.8) is 0 Å². The van der Waals surface area contributed by atoms with Gasteiger partial charge >= 0.3 is 6.03 Å². The van der Waals surface area contributed by atoms with E-state index in [9.17, 15) is 4.79 Å². The SMILES string of the molecule is Cc1ccc(-c2c(CN)c(CC(C)C)nc(C)c2NC(=O)N2CCNCC2)cc1.Cl.Cl.Cl. The van der Waals surface area contributed by atoms with Gasteiger partial charge in [0.15, 0.2) is 0 Å². The lowest BCUT2D eigenvalue weighted by Crippen LogP contribution is -2.48. The molecule has 1 aromatic heterocycles. The van der Waals surface area contributed by atoms with Crippen LogP contribution in [-0.4, -0.2) is 42.1 Å². The molecule has 3 rings (SSSR count). The molecule has 6 nitrogen and oxygen atoms in total. The van der Waals surface area contributed by atoms with Gasteiger partial charge in [0.1, 0.15) is 0 Å². The maximum absolute atomic E-state index is 12.9. The number of carbonyl (C=O) groups excluding carboxylic acids is 1. The first-order valence-corrected chi connectivity index (χ1v) is 10.5. The summed E-state index contributed by atoms with van der Waals surface area (Å²) in [5.41, 5.74) is 13.1. The molecule has 0 saturated carbocycles. The van der Waals surface area contributed by atoms with Crippen molar-refractivity contribution in [3.05, 3.63) is 46.8 Å². The van der Waals surface area contributed by atoms with Crippen LogP contribution in [0.15, 0.2) is 24.3 Å². The fourth-order valence-corrected chi connectivity index (χ4v) is 3.82. The summed E-state index contributed by atoms with van der Waals surface area (Å²) in [5, 5.41) is 6.44. The molecule has 180 valence electrons. The third kappa shape index (κ3) is 7.22. The topological polar surface area (TPSA) is 83.3 Å². The molecule has 32 heavy (non-hydrogen) atoms. The third-order valence-electron chi connectivity index (χ3n) is 5.35. The number of nitrogens with one attached hydrogen (secondary N) is 2. The predicted molar refractivity (Wildman–Crippen MR) is 141 cm³/mol. The van der Waals surface area contributed by atoms with Gasteiger partial charge in [-0.3, -0.25) is 4.98 Å². The van der Waals surface area contributed by atoms with Gasteiger partial charge in [-0.15, -0.1) is 37.2 Å². The molecule has 2 heterocycles. The Kier molecular flexibility index (Phi) is 13.2. The van der Waals surface area contributed by atoms with Crippen LogP contribution in [0, 0.1) is 19.8 Å². The highest BCUT2D eigenvalue weighted by Crippen LogP contribution is 2.36. The number of piperazine rings is 1. The summed E-state index contributed by atoms with van der Waals surface area (Å²) >= 11 is 0. The number of anilines is 1. The zero-order valence-corrected chi connectivity index (χ0v) is 21.7. The largest absolute Gasteiger partial charge is 0.326 e. The van der Waals surface area contributed by atoms with Crippen LogP contribution in [0.5, 0.6) is 0 Å². The quantitative estimate of drug-likeness (QED) is 0.550. The van der Waals surface area contributed by atoms with Crippen molar-refractivity contribution < 1.29 is 4.79 Å². The van der Waals surface area contributed by atoms with E-state index in [0.717, 1.165) is 53.3 Å². The molecule has 0 bridgehead atoms. The van der Waals surface area contributed by atoms with Gasteiger partial charge in [-0.2, -0.15) is 0 Å². The van der Waals surface area contributed by atoms with Gasteiger partial charge in [-0.1, -0.05) is 43.7 Å².